The number of halogens is 1. The predicted molar refractivity (Wildman–Crippen MR) is 120 cm³/mol. The number of hydrogen-bond donors (Lipinski definition) is 2. The average Bonchev–Trinajstić information content (AvgIpc) is 2.78. The number of methoxy groups -OCH3 is 1. The van der Waals surface area contributed by atoms with Gasteiger partial charge in [-0.25, -0.2) is 0 Å². The van der Waals surface area contributed by atoms with Gasteiger partial charge in [0.2, 0.25) is 5.91 Å². The van der Waals surface area contributed by atoms with Crippen molar-refractivity contribution < 1.29 is 14.3 Å². The molecule has 0 bridgehead atoms. The van der Waals surface area contributed by atoms with E-state index in [1.807, 2.05) is 60.5 Å². The Morgan fingerprint density at radius 2 is 1.73 bits per heavy atom. The van der Waals surface area contributed by atoms with E-state index in [9.17, 15) is 9.59 Å². The molecule has 1 aliphatic heterocycles. The summed E-state index contributed by atoms with van der Waals surface area (Å²) in [5.41, 5.74) is 2.59. The Balaban J connectivity index is 0.00000320. The van der Waals surface area contributed by atoms with Gasteiger partial charge < -0.3 is 20.3 Å². The van der Waals surface area contributed by atoms with Crippen LogP contribution in [0.2, 0.25) is 0 Å². The van der Waals surface area contributed by atoms with Gasteiger partial charge in [0.05, 0.1) is 13.5 Å². The Hall–Kier alpha value is -2.57. The first-order chi connectivity index (χ1) is 14.1. The maximum absolute atomic E-state index is 12.7. The molecule has 6 nitrogen and oxygen atoms in total. The van der Waals surface area contributed by atoms with Gasteiger partial charge in [0, 0.05) is 31.2 Å². The van der Waals surface area contributed by atoms with Crippen molar-refractivity contribution in [1.82, 2.24) is 15.5 Å². The highest BCUT2D eigenvalue weighted by atomic mass is 35.5. The fourth-order valence-corrected chi connectivity index (χ4v) is 3.54. The second-order valence-electron chi connectivity index (χ2n) is 7.38. The number of likely N-dealkylation sites (N-methyl/N-ethyl adjacent to an activating group) is 1. The number of nitrogens with one attached hydrogen (secondary N) is 2. The molecule has 0 radical (unpaired) electrons. The molecule has 1 atom stereocenters. The second kappa shape index (κ2) is 11.6. The van der Waals surface area contributed by atoms with Gasteiger partial charge in [-0.15, -0.1) is 12.4 Å². The van der Waals surface area contributed by atoms with E-state index in [0.29, 0.717) is 24.6 Å². The third-order valence-electron chi connectivity index (χ3n) is 5.33. The third-order valence-corrected chi connectivity index (χ3v) is 5.33. The van der Waals surface area contributed by atoms with Crippen LogP contribution in [0.15, 0.2) is 48.5 Å². The van der Waals surface area contributed by atoms with E-state index in [4.69, 9.17) is 4.74 Å². The lowest BCUT2D eigenvalue weighted by atomic mass is 10.0. The molecular weight excluding hydrogens is 402 g/mol. The van der Waals surface area contributed by atoms with Crippen LogP contribution in [0, 0.1) is 0 Å². The number of ether oxygens (including phenoxy) is 1. The lowest BCUT2D eigenvalue weighted by molar-refractivity contribution is -0.120. The molecule has 2 N–H and O–H groups in total. The topological polar surface area (TPSA) is 70.7 Å². The summed E-state index contributed by atoms with van der Waals surface area (Å²) in [6.07, 6.45) is 2.45. The van der Waals surface area contributed by atoms with Crippen molar-refractivity contribution in [1.29, 1.82) is 0 Å². The summed E-state index contributed by atoms with van der Waals surface area (Å²) in [5.74, 6) is 0.802. The summed E-state index contributed by atoms with van der Waals surface area (Å²) in [5, 5.41) is 6.19. The second-order valence-corrected chi connectivity index (χ2v) is 7.38. The Labute approximate surface area is 184 Å². The van der Waals surface area contributed by atoms with Crippen molar-refractivity contribution in [2.24, 2.45) is 0 Å². The standard InChI is InChI=1S/C23H29N3O3.ClH/c1-24-20-4-3-13-26(16-20)23(28)19-9-5-18(6-10-19)15-25-22(27)14-17-7-11-21(29-2)12-8-17;/h5-12,20,24H,3-4,13-16H2,1-2H3,(H,25,27);1H. The summed E-state index contributed by atoms with van der Waals surface area (Å²) in [6, 6.07) is 15.3. The van der Waals surface area contributed by atoms with Crippen molar-refractivity contribution in [3.05, 3.63) is 65.2 Å². The van der Waals surface area contributed by atoms with Gasteiger partial charge >= 0.3 is 0 Å². The molecule has 0 spiro atoms. The first kappa shape index (κ1) is 23.7. The molecule has 2 amide bonds. The molecule has 30 heavy (non-hydrogen) atoms. The Bertz CT molecular complexity index is 825. The van der Waals surface area contributed by atoms with Crippen LogP contribution in [0.5, 0.6) is 5.75 Å². The molecule has 2 aromatic rings. The summed E-state index contributed by atoms with van der Waals surface area (Å²) in [7, 11) is 3.56. The van der Waals surface area contributed by atoms with E-state index in [2.05, 4.69) is 10.6 Å². The monoisotopic (exact) mass is 431 g/mol. The highest BCUT2D eigenvalue weighted by Crippen LogP contribution is 2.15. The molecule has 0 aromatic heterocycles. The van der Waals surface area contributed by atoms with Crippen molar-refractivity contribution in [3.63, 3.8) is 0 Å². The highest BCUT2D eigenvalue weighted by molar-refractivity contribution is 5.94. The molecule has 7 heteroatoms. The lowest BCUT2D eigenvalue weighted by Gasteiger charge is -2.32. The number of rotatable bonds is 7. The zero-order valence-electron chi connectivity index (χ0n) is 17.5. The third kappa shape index (κ3) is 6.47. The summed E-state index contributed by atoms with van der Waals surface area (Å²) in [4.78, 5) is 26.8. The minimum absolute atomic E-state index is 0. The van der Waals surface area contributed by atoms with Gasteiger partial charge in [-0.3, -0.25) is 9.59 Å². The van der Waals surface area contributed by atoms with E-state index in [-0.39, 0.29) is 24.2 Å². The van der Waals surface area contributed by atoms with Crippen molar-refractivity contribution in [2.45, 2.75) is 31.8 Å². The number of amides is 2. The molecule has 162 valence electrons. The maximum atomic E-state index is 12.7. The Morgan fingerprint density at radius 1 is 1.07 bits per heavy atom. The fourth-order valence-electron chi connectivity index (χ4n) is 3.54. The normalized spacial score (nSPS) is 15.8. The minimum Gasteiger partial charge on any atom is -0.497 e. The molecule has 1 aliphatic rings. The lowest BCUT2D eigenvalue weighted by Crippen LogP contribution is -2.46. The van der Waals surface area contributed by atoms with Gasteiger partial charge in [-0.05, 0) is 55.3 Å². The van der Waals surface area contributed by atoms with E-state index < -0.39 is 0 Å². The van der Waals surface area contributed by atoms with Crippen LogP contribution in [0.4, 0.5) is 0 Å². The number of likely N-dealkylation sites (tertiary alicyclic amines) is 1. The molecule has 3 rings (SSSR count). The van der Waals surface area contributed by atoms with Crippen molar-refractivity contribution >= 4 is 24.2 Å². The Morgan fingerprint density at radius 3 is 2.37 bits per heavy atom. The SMILES string of the molecule is CNC1CCCN(C(=O)c2ccc(CNC(=O)Cc3ccc(OC)cc3)cc2)C1.Cl. The fraction of sp³-hybridized carbons (Fsp3) is 0.391. The van der Waals surface area contributed by atoms with Crippen LogP contribution in [0.25, 0.3) is 0 Å². The minimum atomic E-state index is -0.0401. The molecule has 1 heterocycles. The van der Waals surface area contributed by atoms with Crippen LogP contribution in [0.3, 0.4) is 0 Å². The van der Waals surface area contributed by atoms with Gasteiger partial charge in [0.25, 0.3) is 5.91 Å². The van der Waals surface area contributed by atoms with Gasteiger partial charge in [-0.2, -0.15) is 0 Å². The molecule has 1 unspecified atom stereocenters. The average molecular weight is 432 g/mol. The van der Waals surface area contributed by atoms with Crippen LogP contribution in [-0.4, -0.2) is 50.0 Å². The van der Waals surface area contributed by atoms with E-state index in [0.717, 1.165) is 42.8 Å². The smallest absolute Gasteiger partial charge is 0.253 e. The summed E-state index contributed by atoms with van der Waals surface area (Å²) >= 11 is 0. The maximum Gasteiger partial charge on any atom is 0.253 e. The molecule has 1 fully saturated rings. The van der Waals surface area contributed by atoms with Gasteiger partial charge in [-0.1, -0.05) is 24.3 Å². The van der Waals surface area contributed by atoms with Gasteiger partial charge in [0.15, 0.2) is 0 Å². The molecule has 0 saturated carbocycles. The highest BCUT2D eigenvalue weighted by Gasteiger charge is 2.23. The van der Waals surface area contributed by atoms with E-state index in [1.165, 1.54) is 0 Å². The largest absolute Gasteiger partial charge is 0.497 e. The molecular formula is C23H30ClN3O3. The van der Waals surface area contributed by atoms with Crippen LogP contribution in [-0.2, 0) is 17.8 Å². The van der Waals surface area contributed by atoms with Crippen molar-refractivity contribution in [2.75, 3.05) is 27.2 Å². The van der Waals surface area contributed by atoms with E-state index >= 15 is 0 Å². The van der Waals surface area contributed by atoms with Crippen LogP contribution >= 0.6 is 12.4 Å². The molecule has 0 aliphatic carbocycles. The summed E-state index contributed by atoms with van der Waals surface area (Å²) < 4.78 is 5.12. The van der Waals surface area contributed by atoms with Gasteiger partial charge in [0.1, 0.15) is 5.75 Å². The quantitative estimate of drug-likeness (QED) is 0.707. The first-order valence-corrected chi connectivity index (χ1v) is 10.0. The number of nitrogens with zero attached hydrogens (tertiary/aromatic N) is 1. The van der Waals surface area contributed by atoms with Crippen molar-refractivity contribution in [3.8, 4) is 5.75 Å². The number of carbonyl (C=O) groups excluding carboxylic acids is 2. The number of carbonyl (C=O) groups is 2. The summed E-state index contributed by atoms with van der Waals surface area (Å²) in [6.45, 7) is 1.99. The predicted octanol–water partition coefficient (Wildman–Crippen LogP) is 2.80. The number of benzene rings is 2. The number of hydrogen-bond acceptors (Lipinski definition) is 4. The van der Waals surface area contributed by atoms with Crippen LogP contribution < -0.4 is 15.4 Å². The molecule has 2 aromatic carbocycles. The Kier molecular flexibility index (Phi) is 9.15. The van der Waals surface area contributed by atoms with Crippen LogP contribution in [0.1, 0.15) is 34.3 Å². The first-order valence-electron chi connectivity index (χ1n) is 10.0. The number of piperidine rings is 1. The van der Waals surface area contributed by atoms with E-state index in [1.54, 1.807) is 7.11 Å². The zero-order chi connectivity index (χ0) is 20.6. The zero-order valence-corrected chi connectivity index (χ0v) is 18.3. The molecule has 1 saturated heterocycles.